The molecule has 0 spiro atoms. The van der Waals surface area contributed by atoms with Crippen LogP contribution in [0, 0.1) is 0 Å². The van der Waals surface area contributed by atoms with Crippen LogP contribution in [0.15, 0.2) is 54.7 Å². The fraction of sp³-hybridized carbons (Fsp3) is 0.296. The number of phenols is 1. The van der Waals surface area contributed by atoms with E-state index < -0.39 is 60.8 Å². The SMILES string of the molecule is NC(Cc1ccc(O)cc1)C(=O)NC(Cc1c[nH]c2ccccc12)C(=O)NCC(=O)NC(CCC(=O)O)C(=O)O. The summed E-state index contributed by atoms with van der Waals surface area (Å²) in [6.07, 6.45) is 1.11. The van der Waals surface area contributed by atoms with E-state index in [1.807, 2.05) is 24.3 Å². The Balaban J connectivity index is 1.69. The van der Waals surface area contributed by atoms with Gasteiger partial charge in [0.15, 0.2) is 0 Å². The summed E-state index contributed by atoms with van der Waals surface area (Å²) in [5.74, 6) is -4.72. The van der Waals surface area contributed by atoms with E-state index in [2.05, 4.69) is 20.9 Å². The lowest BCUT2D eigenvalue weighted by atomic mass is 10.0. The van der Waals surface area contributed by atoms with Gasteiger partial charge in [0.1, 0.15) is 17.8 Å². The van der Waals surface area contributed by atoms with E-state index in [1.54, 1.807) is 18.3 Å². The van der Waals surface area contributed by atoms with Crippen molar-refractivity contribution in [3.05, 3.63) is 65.9 Å². The molecule has 13 nitrogen and oxygen atoms in total. The Morgan fingerprint density at radius 2 is 1.57 bits per heavy atom. The highest BCUT2D eigenvalue weighted by molar-refractivity contribution is 5.93. The van der Waals surface area contributed by atoms with Gasteiger partial charge in [-0.1, -0.05) is 30.3 Å². The van der Waals surface area contributed by atoms with Crippen molar-refractivity contribution in [1.29, 1.82) is 0 Å². The number of aromatic nitrogens is 1. The molecular weight excluding hydrogens is 522 g/mol. The van der Waals surface area contributed by atoms with E-state index in [9.17, 15) is 34.2 Å². The molecule has 3 amide bonds. The largest absolute Gasteiger partial charge is 0.508 e. The molecule has 0 saturated carbocycles. The summed E-state index contributed by atoms with van der Waals surface area (Å²) < 4.78 is 0. The van der Waals surface area contributed by atoms with Crippen LogP contribution in [-0.4, -0.2) is 74.6 Å². The van der Waals surface area contributed by atoms with Gasteiger partial charge in [0.25, 0.3) is 0 Å². The predicted octanol–water partition coefficient (Wildman–Crippen LogP) is 0.0212. The Kier molecular flexibility index (Phi) is 10.2. The number of aromatic amines is 1. The summed E-state index contributed by atoms with van der Waals surface area (Å²) in [6, 6.07) is 9.97. The number of H-pyrrole nitrogens is 1. The molecule has 3 rings (SSSR count). The van der Waals surface area contributed by atoms with Gasteiger partial charge < -0.3 is 42.0 Å². The van der Waals surface area contributed by atoms with Gasteiger partial charge in [-0.05, 0) is 42.2 Å². The monoisotopic (exact) mass is 553 g/mol. The van der Waals surface area contributed by atoms with Crippen LogP contribution in [0.5, 0.6) is 5.75 Å². The zero-order valence-electron chi connectivity index (χ0n) is 21.4. The van der Waals surface area contributed by atoms with Gasteiger partial charge >= 0.3 is 11.9 Å². The van der Waals surface area contributed by atoms with E-state index in [0.717, 1.165) is 16.5 Å². The molecule has 1 heterocycles. The van der Waals surface area contributed by atoms with E-state index in [-0.39, 0.29) is 25.0 Å². The van der Waals surface area contributed by atoms with Crippen molar-refractivity contribution in [2.45, 2.75) is 43.8 Å². The smallest absolute Gasteiger partial charge is 0.326 e. The van der Waals surface area contributed by atoms with Crippen molar-refractivity contribution in [3.63, 3.8) is 0 Å². The van der Waals surface area contributed by atoms with Crippen molar-refractivity contribution < 1.29 is 39.3 Å². The molecule has 3 aromatic rings. The average molecular weight is 554 g/mol. The van der Waals surface area contributed by atoms with Gasteiger partial charge in [0.05, 0.1) is 12.6 Å². The summed E-state index contributed by atoms with van der Waals surface area (Å²) >= 11 is 0. The fourth-order valence-electron chi connectivity index (χ4n) is 4.05. The first-order chi connectivity index (χ1) is 19.0. The number of aliphatic carboxylic acids is 2. The maximum absolute atomic E-state index is 13.1. The summed E-state index contributed by atoms with van der Waals surface area (Å²) in [6.45, 7) is -0.602. The molecule has 0 aliphatic heterocycles. The lowest BCUT2D eigenvalue weighted by Crippen LogP contribution is -2.54. The van der Waals surface area contributed by atoms with Gasteiger partial charge in [-0.15, -0.1) is 0 Å². The zero-order chi connectivity index (χ0) is 29.2. The quantitative estimate of drug-likeness (QED) is 0.134. The van der Waals surface area contributed by atoms with Crippen LogP contribution >= 0.6 is 0 Å². The molecule has 3 atom stereocenters. The molecule has 0 radical (unpaired) electrons. The molecule has 0 aliphatic rings. The van der Waals surface area contributed by atoms with Crippen molar-refractivity contribution in [2.75, 3.05) is 6.54 Å². The second-order valence-corrected chi connectivity index (χ2v) is 9.21. The summed E-state index contributed by atoms with van der Waals surface area (Å²) in [4.78, 5) is 63.6. The number of benzene rings is 2. The minimum atomic E-state index is -1.44. The maximum atomic E-state index is 13.1. The average Bonchev–Trinajstić information content (AvgIpc) is 3.32. The first-order valence-electron chi connectivity index (χ1n) is 12.4. The number of carboxylic acids is 2. The highest BCUT2D eigenvalue weighted by atomic mass is 16.4. The topological polar surface area (TPSA) is 224 Å². The third-order valence-corrected chi connectivity index (χ3v) is 6.16. The second kappa shape index (κ2) is 13.8. The number of nitrogens with two attached hydrogens (primary N) is 1. The standard InChI is InChI=1S/C27H31N5O8/c28-19(11-15-5-7-17(33)8-6-15)25(37)32-22(12-16-13-29-20-4-2-1-3-18(16)20)26(38)30-14-23(34)31-21(27(39)40)9-10-24(35)36/h1-8,13,19,21-22,29,33H,9-12,14,28H2,(H,30,38)(H,31,34)(H,32,37)(H,35,36)(H,39,40). The van der Waals surface area contributed by atoms with Gasteiger partial charge in [0, 0.05) is 29.9 Å². The van der Waals surface area contributed by atoms with E-state index in [1.165, 1.54) is 12.1 Å². The molecular formula is C27H31N5O8. The molecule has 0 saturated heterocycles. The maximum Gasteiger partial charge on any atom is 0.326 e. The predicted molar refractivity (Wildman–Crippen MR) is 143 cm³/mol. The van der Waals surface area contributed by atoms with Gasteiger partial charge in [-0.25, -0.2) is 4.79 Å². The van der Waals surface area contributed by atoms with E-state index in [0.29, 0.717) is 5.56 Å². The molecule has 9 N–H and O–H groups in total. The number of hydrogen-bond donors (Lipinski definition) is 8. The van der Waals surface area contributed by atoms with Crippen molar-refractivity contribution in [1.82, 2.24) is 20.9 Å². The minimum absolute atomic E-state index is 0.0610. The molecule has 0 bridgehead atoms. The normalized spacial score (nSPS) is 13.1. The summed E-state index contributed by atoms with van der Waals surface area (Å²) in [5, 5.41) is 35.5. The van der Waals surface area contributed by atoms with Gasteiger partial charge in [-0.2, -0.15) is 0 Å². The number of fused-ring (bicyclic) bond motifs is 1. The Labute approximate surface area is 228 Å². The fourth-order valence-corrected chi connectivity index (χ4v) is 4.05. The van der Waals surface area contributed by atoms with Crippen molar-refractivity contribution in [2.24, 2.45) is 5.73 Å². The second-order valence-electron chi connectivity index (χ2n) is 9.21. The zero-order valence-corrected chi connectivity index (χ0v) is 21.4. The van der Waals surface area contributed by atoms with Crippen molar-refractivity contribution >= 4 is 40.6 Å². The van der Waals surface area contributed by atoms with Crippen LogP contribution in [0.25, 0.3) is 10.9 Å². The van der Waals surface area contributed by atoms with Crippen LogP contribution in [-0.2, 0) is 36.8 Å². The number of para-hydroxylation sites is 1. The minimum Gasteiger partial charge on any atom is -0.508 e. The van der Waals surface area contributed by atoms with Crippen molar-refractivity contribution in [3.8, 4) is 5.75 Å². The number of carbonyl (C=O) groups excluding carboxylic acids is 3. The highest BCUT2D eigenvalue weighted by Crippen LogP contribution is 2.19. The molecule has 0 fully saturated rings. The van der Waals surface area contributed by atoms with Crippen LogP contribution in [0.2, 0.25) is 0 Å². The van der Waals surface area contributed by atoms with Crippen LogP contribution in [0.1, 0.15) is 24.0 Å². The number of rotatable bonds is 14. The van der Waals surface area contributed by atoms with E-state index in [4.69, 9.17) is 10.8 Å². The Morgan fingerprint density at radius 3 is 2.25 bits per heavy atom. The van der Waals surface area contributed by atoms with Crippen LogP contribution < -0.4 is 21.7 Å². The highest BCUT2D eigenvalue weighted by Gasteiger charge is 2.27. The molecule has 40 heavy (non-hydrogen) atoms. The molecule has 3 unspecified atom stereocenters. The third kappa shape index (κ3) is 8.56. The van der Waals surface area contributed by atoms with Gasteiger partial charge in [-0.3, -0.25) is 19.2 Å². The molecule has 0 aliphatic carbocycles. The molecule has 13 heteroatoms. The number of nitrogens with one attached hydrogen (secondary N) is 4. The molecule has 1 aromatic heterocycles. The lowest BCUT2D eigenvalue weighted by molar-refractivity contribution is -0.143. The number of phenolic OH excluding ortho intramolecular Hbond substituents is 1. The Morgan fingerprint density at radius 1 is 0.875 bits per heavy atom. The number of carboxylic acid groups (broad SMARTS) is 2. The first kappa shape index (κ1) is 29.6. The molecule has 212 valence electrons. The number of amides is 3. The van der Waals surface area contributed by atoms with Crippen LogP contribution in [0.4, 0.5) is 0 Å². The summed E-state index contributed by atoms with van der Waals surface area (Å²) in [5.41, 5.74) is 8.34. The number of hydrogen-bond acceptors (Lipinski definition) is 7. The summed E-state index contributed by atoms with van der Waals surface area (Å²) in [7, 11) is 0. The third-order valence-electron chi connectivity index (χ3n) is 6.16. The molecule has 2 aromatic carbocycles. The van der Waals surface area contributed by atoms with Gasteiger partial charge in [0.2, 0.25) is 17.7 Å². The number of carbonyl (C=O) groups is 5. The number of aromatic hydroxyl groups is 1. The van der Waals surface area contributed by atoms with Crippen LogP contribution in [0.3, 0.4) is 0 Å². The lowest BCUT2D eigenvalue weighted by Gasteiger charge is -2.21. The Bertz CT molecular complexity index is 1370. The first-order valence-corrected chi connectivity index (χ1v) is 12.4. The Hall–Kier alpha value is -4.91. The van der Waals surface area contributed by atoms with E-state index >= 15 is 0 Å².